The number of fused-ring (bicyclic) bond motifs is 1. The Bertz CT molecular complexity index is 559. The van der Waals surface area contributed by atoms with Crippen molar-refractivity contribution in [3.8, 4) is 0 Å². The number of amides is 1. The highest BCUT2D eigenvalue weighted by molar-refractivity contribution is 5.85. The van der Waals surface area contributed by atoms with Gasteiger partial charge in [0.1, 0.15) is 6.61 Å². The molecule has 0 saturated carbocycles. The molecular formula is C12H12N2O2. The predicted molar refractivity (Wildman–Crippen MR) is 60.1 cm³/mol. The average molecular weight is 216 g/mol. The Morgan fingerprint density at radius 1 is 1.44 bits per heavy atom. The van der Waals surface area contributed by atoms with Crippen molar-refractivity contribution in [3.63, 3.8) is 0 Å². The van der Waals surface area contributed by atoms with E-state index >= 15 is 0 Å². The second kappa shape index (κ2) is 3.27. The van der Waals surface area contributed by atoms with E-state index in [0.29, 0.717) is 6.61 Å². The summed E-state index contributed by atoms with van der Waals surface area (Å²) in [5.74, 6) is 0. The van der Waals surface area contributed by atoms with Crippen LogP contribution in [-0.4, -0.2) is 17.3 Å². The highest BCUT2D eigenvalue weighted by Gasteiger charge is 2.25. The first kappa shape index (κ1) is 9.27. The van der Waals surface area contributed by atoms with Gasteiger partial charge in [-0.05, 0) is 17.7 Å². The molecule has 1 amide bonds. The van der Waals surface area contributed by atoms with Crippen molar-refractivity contribution in [2.45, 2.75) is 6.04 Å². The fourth-order valence-electron chi connectivity index (χ4n) is 2.18. The normalized spacial score (nSPS) is 19.8. The van der Waals surface area contributed by atoms with Crippen LogP contribution in [0.15, 0.2) is 30.5 Å². The number of hydrogen-bond donors (Lipinski definition) is 1. The Balaban J connectivity index is 2.13. The summed E-state index contributed by atoms with van der Waals surface area (Å²) in [5, 5.41) is 3.97. The molecule has 16 heavy (non-hydrogen) atoms. The summed E-state index contributed by atoms with van der Waals surface area (Å²) in [5.41, 5.74) is 2.28. The quantitative estimate of drug-likeness (QED) is 0.791. The molecule has 82 valence electrons. The van der Waals surface area contributed by atoms with Crippen molar-refractivity contribution < 1.29 is 9.53 Å². The maximum Gasteiger partial charge on any atom is 0.407 e. The van der Waals surface area contributed by atoms with E-state index in [9.17, 15) is 4.79 Å². The number of alkyl carbamates (subject to hydrolysis) is 1. The van der Waals surface area contributed by atoms with Crippen LogP contribution in [0.2, 0.25) is 0 Å². The summed E-state index contributed by atoms with van der Waals surface area (Å²) in [6.07, 6.45) is 1.68. The third-order valence-electron chi connectivity index (χ3n) is 3.01. The number of cyclic esters (lactones) is 1. The van der Waals surface area contributed by atoms with Gasteiger partial charge in [0.05, 0.1) is 6.04 Å². The minimum absolute atomic E-state index is 0.0291. The standard InChI is InChI=1S/C12H12N2O2/c1-14-6-5-9-8(3-2-4-11(9)14)10-7-16-12(15)13-10/h2-6,10H,7H2,1H3,(H,13,15). The number of carbonyl (C=O) groups excluding carboxylic acids is 1. The Kier molecular flexibility index (Phi) is 1.89. The molecule has 0 bridgehead atoms. The van der Waals surface area contributed by atoms with Crippen LogP contribution in [0.1, 0.15) is 11.6 Å². The summed E-state index contributed by atoms with van der Waals surface area (Å²) >= 11 is 0. The Morgan fingerprint density at radius 3 is 3.06 bits per heavy atom. The first-order valence-electron chi connectivity index (χ1n) is 5.23. The third-order valence-corrected chi connectivity index (χ3v) is 3.01. The molecule has 4 nitrogen and oxygen atoms in total. The van der Waals surface area contributed by atoms with E-state index in [1.807, 2.05) is 25.4 Å². The van der Waals surface area contributed by atoms with Crippen LogP contribution in [0.25, 0.3) is 10.9 Å². The zero-order valence-electron chi connectivity index (χ0n) is 8.93. The van der Waals surface area contributed by atoms with Crippen molar-refractivity contribution in [3.05, 3.63) is 36.0 Å². The van der Waals surface area contributed by atoms with E-state index < -0.39 is 0 Å². The molecule has 1 fully saturated rings. The topological polar surface area (TPSA) is 43.3 Å². The van der Waals surface area contributed by atoms with E-state index in [2.05, 4.69) is 22.0 Å². The van der Waals surface area contributed by atoms with Crippen LogP contribution in [-0.2, 0) is 11.8 Å². The number of nitrogens with one attached hydrogen (secondary N) is 1. The lowest BCUT2D eigenvalue weighted by molar-refractivity contribution is 0.177. The van der Waals surface area contributed by atoms with Crippen LogP contribution in [0.3, 0.4) is 0 Å². The SMILES string of the molecule is Cn1ccc2c(C3COC(=O)N3)cccc21. The minimum atomic E-state index is -0.335. The van der Waals surface area contributed by atoms with Gasteiger partial charge in [-0.3, -0.25) is 0 Å². The number of rotatable bonds is 1. The zero-order valence-corrected chi connectivity index (χ0v) is 8.93. The van der Waals surface area contributed by atoms with E-state index in [-0.39, 0.29) is 12.1 Å². The molecular weight excluding hydrogens is 204 g/mol. The monoisotopic (exact) mass is 216 g/mol. The van der Waals surface area contributed by atoms with Gasteiger partial charge in [0.2, 0.25) is 0 Å². The van der Waals surface area contributed by atoms with Gasteiger partial charge in [-0.15, -0.1) is 0 Å². The molecule has 1 aromatic heterocycles. The second-order valence-electron chi connectivity index (χ2n) is 4.00. The lowest BCUT2D eigenvalue weighted by atomic mass is 10.0. The van der Waals surface area contributed by atoms with E-state index in [4.69, 9.17) is 4.74 Å². The molecule has 3 rings (SSSR count). The molecule has 1 atom stereocenters. The molecule has 0 spiro atoms. The predicted octanol–water partition coefficient (Wildman–Crippen LogP) is 1.96. The van der Waals surface area contributed by atoms with Crippen LogP contribution in [0, 0.1) is 0 Å². The van der Waals surface area contributed by atoms with Crippen molar-refractivity contribution in [1.82, 2.24) is 9.88 Å². The summed E-state index contributed by atoms with van der Waals surface area (Å²) in [6, 6.07) is 8.13. The fraction of sp³-hybridized carbons (Fsp3) is 0.250. The number of nitrogens with zero attached hydrogens (tertiary/aromatic N) is 1. The molecule has 1 N–H and O–H groups in total. The first-order chi connectivity index (χ1) is 7.75. The third kappa shape index (κ3) is 1.26. The number of aromatic nitrogens is 1. The van der Waals surface area contributed by atoms with E-state index in [1.54, 1.807) is 0 Å². The lowest BCUT2D eigenvalue weighted by Gasteiger charge is -2.09. The van der Waals surface area contributed by atoms with Gasteiger partial charge in [0, 0.05) is 24.1 Å². The van der Waals surface area contributed by atoms with Gasteiger partial charge < -0.3 is 14.6 Å². The first-order valence-corrected chi connectivity index (χ1v) is 5.23. The van der Waals surface area contributed by atoms with Gasteiger partial charge in [0.15, 0.2) is 0 Å². The number of benzene rings is 1. The van der Waals surface area contributed by atoms with Gasteiger partial charge in [0.25, 0.3) is 0 Å². The Hall–Kier alpha value is -1.97. The maximum atomic E-state index is 11.0. The van der Waals surface area contributed by atoms with Crippen molar-refractivity contribution in [1.29, 1.82) is 0 Å². The largest absolute Gasteiger partial charge is 0.447 e. The van der Waals surface area contributed by atoms with Gasteiger partial charge in [-0.1, -0.05) is 12.1 Å². The molecule has 1 unspecified atom stereocenters. The smallest absolute Gasteiger partial charge is 0.407 e. The molecule has 1 aromatic carbocycles. The van der Waals surface area contributed by atoms with Gasteiger partial charge in [-0.25, -0.2) is 4.79 Å². The Morgan fingerprint density at radius 2 is 2.31 bits per heavy atom. The summed E-state index contributed by atoms with van der Waals surface area (Å²) in [7, 11) is 2.01. The van der Waals surface area contributed by atoms with Crippen molar-refractivity contribution >= 4 is 17.0 Å². The van der Waals surface area contributed by atoms with E-state index in [1.165, 1.54) is 10.9 Å². The maximum absolute atomic E-state index is 11.0. The molecule has 2 aromatic rings. The molecule has 2 heterocycles. The lowest BCUT2D eigenvalue weighted by Crippen LogP contribution is -2.18. The van der Waals surface area contributed by atoms with Crippen LogP contribution in [0.5, 0.6) is 0 Å². The van der Waals surface area contributed by atoms with Crippen LogP contribution in [0.4, 0.5) is 4.79 Å². The number of carbonyl (C=O) groups is 1. The van der Waals surface area contributed by atoms with Gasteiger partial charge in [-0.2, -0.15) is 0 Å². The highest BCUT2D eigenvalue weighted by atomic mass is 16.6. The minimum Gasteiger partial charge on any atom is -0.447 e. The van der Waals surface area contributed by atoms with Gasteiger partial charge >= 0.3 is 6.09 Å². The second-order valence-corrected chi connectivity index (χ2v) is 4.00. The molecule has 0 radical (unpaired) electrons. The molecule has 0 aliphatic carbocycles. The van der Waals surface area contributed by atoms with Crippen molar-refractivity contribution in [2.24, 2.45) is 7.05 Å². The van der Waals surface area contributed by atoms with Crippen LogP contribution >= 0.6 is 0 Å². The van der Waals surface area contributed by atoms with Crippen LogP contribution < -0.4 is 5.32 Å². The number of hydrogen-bond acceptors (Lipinski definition) is 2. The summed E-state index contributed by atoms with van der Waals surface area (Å²) < 4.78 is 6.98. The molecule has 1 saturated heterocycles. The fourth-order valence-corrected chi connectivity index (χ4v) is 2.18. The number of aryl methyl sites for hydroxylation is 1. The van der Waals surface area contributed by atoms with E-state index in [0.717, 1.165) is 5.56 Å². The highest BCUT2D eigenvalue weighted by Crippen LogP contribution is 2.27. The summed E-state index contributed by atoms with van der Waals surface area (Å²) in [4.78, 5) is 11.0. The number of ether oxygens (including phenoxy) is 1. The van der Waals surface area contributed by atoms with Crippen molar-refractivity contribution in [2.75, 3.05) is 6.61 Å². The summed E-state index contributed by atoms with van der Waals surface area (Å²) in [6.45, 7) is 0.410. The molecule has 4 heteroatoms. The zero-order chi connectivity index (χ0) is 11.1. The molecule has 1 aliphatic heterocycles. The average Bonchev–Trinajstić information content (AvgIpc) is 2.86. The molecule has 1 aliphatic rings. The Labute approximate surface area is 92.8 Å².